The van der Waals surface area contributed by atoms with Crippen LogP contribution in [0.5, 0.6) is 0 Å². The van der Waals surface area contributed by atoms with Crippen molar-refractivity contribution in [3.05, 3.63) is 65.9 Å². The van der Waals surface area contributed by atoms with Crippen molar-refractivity contribution in [1.82, 2.24) is 24.9 Å². The molecule has 180 valence electrons. The number of morpholine rings is 1. The van der Waals surface area contributed by atoms with Gasteiger partial charge >= 0.3 is 6.18 Å². The number of anilines is 1. The van der Waals surface area contributed by atoms with Gasteiger partial charge in [0.25, 0.3) is 5.91 Å². The van der Waals surface area contributed by atoms with Gasteiger partial charge in [0.1, 0.15) is 11.6 Å². The highest BCUT2D eigenvalue weighted by Crippen LogP contribution is 2.29. The van der Waals surface area contributed by atoms with Gasteiger partial charge in [-0.05, 0) is 44.2 Å². The lowest BCUT2D eigenvalue weighted by Gasteiger charge is -2.43. The van der Waals surface area contributed by atoms with E-state index in [9.17, 15) is 22.4 Å². The highest BCUT2D eigenvalue weighted by Gasteiger charge is 2.37. The molecule has 8 nitrogen and oxygen atoms in total. The molecule has 4 rings (SSSR count). The maximum absolute atomic E-state index is 14.1. The van der Waals surface area contributed by atoms with Crippen LogP contribution < -0.4 is 5.32 Å². The lowest BCUT2D eigenvalue weighted by molar-refractivity contribution is -0.137. The lowest BCUT2D eigenvalue weighted by Crippen LogP contribution is -2.58. The number of aromatic nitrogens is 4. The number of alkyl halides is 3. The number of ether oxygens (including phenoxy) is 1. The van der Waals surface area contributed by atoms with E-state index in [0.717, 1.165) is 18.3 Å². The number of nitrogens with one attached hydrogen (secondary N) is 1. The average molecular weight is 478 g/mol. The predicted octanol–water partition coefficient (Wildman–Crippen LogP) is 3.55. The van der Waals surface area contributed by atoms with Gasteiger partial charge in [0.2, 0.25) is 0 Å². The maximum atomic E-state index is 14.1. The Morgan fingerprint density at radius 1 is 1.18 bits per heavy atom. The van der Waals surface area contributed by atoms with Gasteiger partial charge in [0.15, 0.2) is 0 Å². The van der Waals surface area contributed by atoms with Crippen LogP contribution in [0.4, 0.5) is 23.4 Å². The summed E-state index contributed by atoms with van der Waals surface area (Å²) in [6.07, 6.45) is -1.54. The summed E-state index contributed by atoms with van der Waals surface area (Å²) in [7, 11) is 0. The Balaban J connectivity index is 1.58. The first-order valence-electron chi connectivity index (χ1n) is 10.5. The Kier molecular flexibility index (Phi) is 6.51. The van der Waals surface area contributed by atoms with Gasteiger partial charge in [0.05, 0.1) is 47.5 Å². The van der Waals surface area contributed by atoms with Crippen molar-refractivity contribution < 1.29 is 27.1 Å². The number of hydrogen-bond donors (Lipinski definition) is 1. The molecular weight excluding hydrogens is 456 g/mol. The molecule has 12 heteroatoms. The van der Waals surface area contributed by atoms with Crippen LogP contribution in [0.1, 0.15) is 29.8 Å². The van der Waals surface area contributed by atoms with E-state index in [1.165, 1.54) is 35.4 Å². The molecule has 1 aliphatic rings. The van der Waals surface area contributed by atoms with Gasteiger partial charge < -0.3 is 15.0 Å². The molecule has 0 radical (unpaired) electrons. The largest absolute Gasteiger partial charge is 0.417 e. The van der Waals surface area contributed by atoms with E-state index in [-0.39, 0.29) is 30.6 Å². The molecule has 1 aliphatic heterocycles. The number of pyridine rings is 1. The summed E-state index contributed by atoms with van der Waals surface area (Å²) < 4.78 is 58.4. The molecule has 1 amide bonds. The summed E-state index contributed by atoms with van der Waals surface area (Å²) in [5.74, 6) is -0.809. The third-order valence-corrected chi connectivity index (χ3v) is 5.51. The molecule has 0 unspecified atom stereocenters. The Morgan fingerprint density at radius 2 is 1.91 bits per heavy atom. The van der Waals surface area contributed by atoms with Crippen molar-refractivity contribution in [2.45, 2.75) is 38.3 Å². The minimum absolute atomic E-state index is 0.0788. The summed E-state index contributed by atoms with van der Waals surface area (Å²) >= 11 is 0. The molecule has 1 N–H and O–H groups in total. The van der Waals surface area contributed by atoms with Crippen LogP contribution in [0.3, 0.4) is 0 Å². The minimum Gasteiger partial charge on any atom is -0.372 e. The number of halogens is 4. The van der Waals surface area contributed by atoms with Crippen molar-refractivity contribution in [2.75, 3.05) is 18.4 Å². The summed E-state index contributed by atoms with van der Waals surface area (Å²) in [6, 6.07) is 5.42. The first kappa shape index (κ1) is 23.6. The number of nitrogens with zero attached hydrogens (tertiary/aromatic N) is 5. The molecule has 0 aliphatic carbocycles. The van der Waals surface area contributed by atoms with E-state index >= 15 is 0 Å². The van der Waals surface area contributed by atoms with E-state index in [0.29, 0.717) is 5.69 Å². The number of rotatable bonds is 5. The van der Waals surface area contributed by atoms with Crippen LogP contribution in [0, 0.1) is 5.82 Å². The van der Waals surface area contributed by atoms with Gasteiger partial charge in [-0.25, -0.2) is 9.37 Å². The van der Waals surface area contributed by atoms with Crippen molar-refractivity contribution in [1.29, 1.82) is 0 Å². The van der Waals surface area contributed by atoms with Crippen LogP contribution in [-0.2, 0) is 10.9 Å². The predicted molar refractivity (Wildman–Crippen MR) is 114 cm³/mol. The fraction of sp³-hybridized carbons (Fsp3) is 0.364. The summed E-state index contributed by atoms with van der Waals surface area (Å²) in [5, 5.41) is 11.1. The molecular formula is C22H22F4N6O2. The number of hydrogen-bond acceptors (Lipinski definition) is 6. The van der Waals surface area contributed by atoms with Crippen LogP contribution in [-0.4, -0.2) is 62.1 Å². The quantitative estimate of drug-likeness (QED) is 0.565. The van der Waals surface area contributed by atoms with Crippen LogP contribution in [0.2, 0.25) is 0 Å². The Bertz CT molecular complexity index is 1140. The Morgan fingerprint density at radius 3 is 2.56 bits per heavy atom. The maximum Gasteiger partial charge on any atom is 0.417 e. The first-order valence-corrected chi connectivity index (χ1v) is 10.5. The lowest BCUT2D eigenvalue weighted by atomic mass is 10.0. The summed E-state index contributed by atoms with van der Waals surface area (Å²) in [5.41, 5.74) is -0.460. The second kappa shape index (κ2) is 9.37. The van der Waals surface area contributed by atoms with Gasteiger partial charge in [-0.1, -0.05) is 0 Å². The third kappa shape index (κ3) is 5.01. The second-order valence-corrected chi connectivity index (χ2v) is 7.97. The minimum atomic E-state index is -4.48. The molecule has 3 heterocycles. The summed E-state index contributed by atoms with van der Waals surface area (Å²) in [4.78, 5) is 20.2. The van der Waals surface area contributed by atoms with E-state index in [1.54, 1.807) is 11.8 Å². The topological polar surface area (TPSA) is 85.2 Å². The second-order valence-electron chi connectivity index (χ2n) is 7.97. The van der Waals surface area contributed by atoms with E-state index in [1.807, 2.05) is 6.92 Å². The third-order valence-electron chi connectivity index (χ3n) is 5.51. The smallest absolute Gasteiger partial charge is 0.372 e. The molecule has 0 saturated carbocycles. The number of benzene rings is 1. The van der Waals surface area contributed by atoms with Crippen molar-refractivity contribution in [2.24, 2.45) is 0 Å². The standard InChI is InChI=1S/C22H22F4N6O2/c1-13-12-31(21(33)17-9-16(23)4-5-18(17)32-29-7-8-30-32)19(14(2)34-13)11-28-20-6-3-15(10-27-20)22(24,25)26/h3-10,13-14,19H,11-12H2,1-2H3,(H,27,28)/t13-,14+,19-/m1/s1. The van der Waals surface area contributed by atoms with Crippen LogP contribution in [0.25, 0.3) is 5.69 Å². The monoisotopic (exact) mass is 478 g/mol. The molecule has 0 spiro atoms. The van der Waals surface area contributed by atoms with Gasteiger partial charge in [-0.3, -0.25) is 4.79 Å². The number of carbonyl (C=O) groups excluding carboxylic acids is 1. The molecule has 34 heavy (non-hydrogen) atoms. The molecule has 1 aromatic carbocycles. The van der Waals surface area contributed by atoms with Crippen molar-refractivity contribution in [3.8, 4) is 5.69 Å². The highest BCUT2D eigenvalue weighted by atomic mass is 19.4. The Hall–Kier alpha value is -3.54. The fourth-order valence-electron chi connectivity index (χ4n) is 3.90. The zero-order chi connectivity index (χ0) is 24.5. The van der Waals surface area contributed by atoms with Crippen LogP contribution in [0.15, 0.2) is 48.9 Å². The average Bonchev–Trinajstić information content (AvgIpc) is 3.32. The van der Waals surface area contributed by atoms with Gasteiger partial charge in [-0.2, -0.15) is 28.2 Å². The van der Waals surface area contributed by atoms with Crippen molar-refractivity contribution >= 4 is 11.7 Å². The molecule has 0 bridgehead atoms. The number of amides is 1. The molecule has 2 aromatic heterocycles. The molecule has 3 aromatic rings. The van der Waals surface area contributed by atoms with E-state index in [2.05, 4.69) is 20.5 Å². The van der Waals surface area contributed by atoms with Gasteiger partial charge in [0, 0.05) is 19.3 Å². The first-order chi connectivity index (χ1) is 16.1. The molecule has 1 saturated heterocycles. The van der Waals surface area contributed by atoms with E-state index < -0.39 is 35.6 Å². The Labute approximate surface area is 192 Å². The van der Waals surface area contributed by atoms with Crippen LogP contribution >= 0.6 is 0 Å². The summed E-state index contributed by atoms with van der Waals surface area (Å²) in [6.45, 7) is 4.00. The fourth-order valence-corrected chi connectivity index (χ4v) is 3.90. The zero-order valence-corrected chi connectivity index (χ0v) is 18.3. The zero-order valence-electron chi connectivity index (χ0n) is 18.3. The van der Waals surface area contributed by atoms with E-state index in [4.69, 9.17) is 4.74 Å². The normalized spacial score (nSPS) is 20.9. The van der Waals surface area contributed by atoms with Gasteiger partial charge in [-0.15, -0.1) is 0 Å². The molecule has 1 fully saturated rings. The van der Waals surface area contributed by atoms with Crippen molar-refractivity contribution in [3.63, 3.8) is 0 Å². The molecule has 3 atom stereocenters. The SMILES string of the molecule is C[C@@H]1CN(C(=O)c2cc(F)ccc2-n2nccn2)[C@H](CNc2ccc(C(F)(F)F)cn2)[C@H](C)O1. The highest BCUT2D eigenvalue weighted by molar-refractivity contribution is 5.98. The number of carbonyl (C=O) groups is 1.